The van der Waals surface area contributed by atoms with E-state index >= 15 is 0 Å². The second kappa shape index (κ2) is 11.4. The molecule has 0 aliphatic carbocycles. The fourth-order valence-electron chi connectivity index (χ4n) is 6.08. The number of benzene rings is 2. The van der Waals surface area contributed by atoms with Crippen LogP contribution in [0.25, 0.3) is 0 Å². The van der Waals surface area contributed by atoms with Crippen LogP contribution in [0.3, 0.4) is 0 Å². The number of rotatable bonds is 6. The number of hydrogen-bond donors (Lipinski definition) is 1. The number of hydrogen-bond acceptors (Lipinski definition) is 6. The third-order valence-corrected chi connectivity index (χ3v) is 8.64. The Morgan fingerprint density at radius 2 is 1.92 bits per heavy atom. The number of halogens is 1. The maximum atomic E-state index is 12.6. The maximum absolute atomic E-state index is 12.6. The molecule has 3 fully saturated rings. The maximum Gasteiger partial charge on any atom is 0.261 e. The molecule has 0 radical (unpaired) electrons. The van der Waals surface area contributed by atoms with Gasteiger partial charge in [0.1, 0.15) is 11.5 Å². The molecule has 3 saturated heterocycles. The number of ether oxygens (including phenoxy) is 2. The highest BCUT2D eigenvalue weighted by atomic mass is 35.5. The fourth-order valence-corrected chi connectivity index (χ4v) is 6.27. The van der Waals surface area contributed by atoms with Crippen LogP contribution in [0.5, 0.6) is 11.5 Å². The highest BCUT2D eigenvalue weighted by molar-refractivity contribution is 6.32. The Kier molecular flexibility index (Phi) is 8.00. The number of fused-ring (bicyclic) bond motifs is 1. The molecule has 2 aromatic rings. The molecular formula is C29H37ClN4O4. The third-order valence-electron chi connectivity index (χ3n) is 8.32. The van der Waals surface area contributed by atoms with E-state index in [1.54, 1.807) is 12.0 Å². The zero-order valence-corrected chi connectivity index (χ0v) is 23.2. The minimum Gasteiger partial charge on any atom is -0.495 e. The van der Waals surface area contributed by atoms with Crippen molar-refractivity contribution in [2.75, 3.05) is 57.9 Å². The number of carbonyl (C=O) groups excluding carboxylic acids is 2. The summed E-state index contributed by atoms with van der Waals surface area (Å²) in [4.78, 5) is 30.8. The van der Waals surface area contributed by atoms with E-state index in [9.17, 15) is 9.59 Å². The van der Waals surface area contributed by atoms with Gasteiger partial charge in [0.2, 0.25) is 5.91 Å². The van der Waals surface area contributed by atoms with E-state index in [0.717, 1.165) is 43.1 Å². The van der Waals surface area contributed by atoms with E-state index in [-0.39, 0.29) is 25.0 Å². The normalized spacial score (nSPS) is 22.1. The number of piperidine rings is 1. The van der Waals surface area contributed by atoms with Crippen LogP contribution in [-0.2, 0) is 9.59 Å². The molecule has 8 nitrogen and oxygen atoms in total. The van der Waals surface area contributed by atoms with Gasteiger partial charge in [-0.2, -0.15) is 0 Å². The topological polar surface area (TPSA) is 74.4 Å². The monoisotopic (exact) mass is 540 g/mol. The van der Waals surface area contributed by atoms with Gasteiger partial charge in [-0.15, -0.1) is 0 Å². The average Bonchev–Trinajstić information content (AvgIpc) is 2.93. The Morgan fingerprint density at radius 3 is 2.71 bits per heavy atom. The van der Waals surface area contributed by atoms with Gasteiger partial charge < -0.3 is 24.6 Å². The Hall–Kier alpha value is -2.97. The second-order valence-corrected chi connectivity index (χ2v) is 10.9. The molecule has 0 bridgehead atoms. The van der Waals surface area contributed by atoms with Crippen LogP contribution >= 0.6 is 11.6 Å². The highest BCUT2D eigenvalue weighted by Crippen LogP contribution is 2.40. The molecule has 1 unspecified atom stereocenters. The van der Waals surface area contributed by atoms with Crippen molar-refractivity contribution in [3.8, 4) is 11.5 Å². The van der Waals surface area contributed by atoms with Crippen molar-refractivity contribution in [1.29, 1.82) is 0 Å². The molecule has 9 heteroatoms. The predicted octanol–water partition coefficient (Wildman–Crippen LogP) is 3.72. The van der Waals surface area contributed by atoms with Crippen molar-refractivity contribution in [2.24, 2.45) is 0 Å². The van der Waals surface area contributed by atoms with Gasteiger partial charge in [-0.3, -0.25) is 14.5 Å². The predicted molar refractivity (Wildman–Crippen MR) is 148 cm³/mol. The first-order chi connectivity index (χ1) is 18.4. The zero-order valence-electron chi connectivity index (χ0n) is 22.5. The van der Waals surface area contributed by atoms with Crippen molar-refractivity contribution < 1.29 is 19.1 Å². The van der Waals surface area contributed by atoms with Gasteiger partial charge in [0.25, 0.3) is 5.91 Å². The van der Waals surface area contributed by atoms with Crippen LogP contribution in [-0.4, -0.2) is 80.6 Å². The molecule has 2 atom stereocenters. The van der Waals surface area contributed by atoms with Gasteiger partial charge in [-0.1, -0.05) is 17.7 Å². The average molecular weight is 541 g/mol. The summed E-state index contributed by atoms with van der Waals surface area (Å²) < 4.78 is 11.4. The van der Waals surface area contributed by atoms with Crippen LogP contribution < -0.4 is 19.7 Å². The Labute approximate surface area is 229 Å². The first kappa shape index (κ1) is 26.6. The lowest BCUT2D eigenvalue weighted by Crippen LogP contribution is -2.56. The number of methoxy groups -OCH3 is 1. The largest absolute Gasteiger partial charge is 0.495 e. The summed E-state index contributed by atoms with van der Waals surface area (Å²) in [6.07, 6.45) is 3.52. The molecule has 5 rings (SSSR count). The van der Waals surface area contributed by atoms with Crippen molar-refractivity contribution in [2.45, 2.75) is 45.2 Å². The third kappa shape index (κ3) is 5.43. The van der Waals surface area contributed by atoms with E-state index in [2.05, 4.69) is 41.1 Å². The van der Waals surface area contributed by atoms with Gasteiger partial charge in [-0.05, 0) is 68.0 Å². The van der Waals surface area contributed by atoms with Crippen LogP contribution in [0, 0.1) is 13.8 Å². The van der Waals surface area contributed by atoms with Crippen LogP contribution in [0.1, 0.15) is 42.0 Å². The van der Waals surface area contributed by atoms with E-state index in [1.165, 1.54) is 24.0 Å². The van der Waals surface area contributed by atoms with E-state index in [0.29, 0.717) is 35.9 Å². The first-order valence-electron chi connectivity index (χ1n) is 13.5. The van der Waals surface area contributed by atoms with E-state index in [4.69, 9.17) is 21.1 Å². The molecule has 2 aromatic carbocycles. The van der Waals surface area contributed by atoms with E-state index < -0.39 is 0 Å². The Morgan fingerprint density at radius 1 is 1.08 bits per heavy atom. The van der Waals surface area contributed by atoms with Crippen LogP contribution in [0.4, 0.5) is 5.69 Å². The molecular weight excluding hydrogens is 504 g/mol. The molecule has 204 valence electrons. The molecule has 38 heavy (non-hydrogen) atoms. The molecule has 3 heterocycles. The zero-order chi connectivity index (χ0) is 26.8. The standard InChI is InChI=1S/C29H37ClN4O4/c1-19-20(2)26(38-18-29(36)33-12-11-31-28(35)17-33)10-8-23(19)25-6-4-5-22-16-32(13-14-34(22)25)21-7-9-24(30)27(15-21)37-3/h7-10,15,22,25H,4-6,11-14,16-18H2,1-3H3,(H,31,35)/t22?,25-/m1/s1. The smallest absolute Gasteiger partial charge is 0.261 e. The lowest BCUT2D eigenvalue weighted by Gasteiger charge is -2.49. The number of amides is 2. The van der Waals surface area contributed by atoms with Crippen LogP contribution in [0.2, 0.25) is 5.02 Å². The summed E-state index contributed by atoms with van der Waals surface area (Å²) in [6.45, 7) is 8.21. The van der Waals surface area contributed by atoms with Crippen LogP contribution in [0.15, 0.2) is 30.3 Å². The number of anilines is 1. The highest BCUT2D eigenvalue weighted by Gasteiger charge is 2.36. The van der Waals surface area contributed by atoms with Crippen molar-refractivity contribution in [1.82, 2.24) is 15.1 Å². The van der Waals surface area contributed by atoms with Gasteiger partial charge >= 0.3 is 0 Å². The van der Waals surface area contributed by atoms with Gasteiger partial charge in [0.05, 0.1) is 18.7 Å². The molecule has 0 spiro atoms. The molecule has 2 amide bonds. The van der Waals surface area contributed by atoms with Crippen molar-refractivity contribution in [3.05, 3.63) is 52.0 Å². The van der Waals surface area contributed by atoms with E-state index in [1.807, 2.05) is 18.2 Å². The summed E-state index contributed by atoms with van der Waals surface area (Å²) in [5.74, 6) is 1.16. The molecule has 1 N–H and O–H groups in total. The van der Waals surface area contributed by atoms with Crippen molar-refractivity contribution >= 4 is 29.1 Å². The summed E-state index contributed by atoms with van der Waals surface area (Å²) in [5, 5.41) is 3.37. The molecule has 3 aliphatic rings. The molecule has 0 aromatic heterocycles. The Bertz CT molecular complexity index is 1210. The summed E-state index contributed by atoms with van der Waals surface area (Å²) in [7, 11) is 1.65. The second-order valence-electron chi connectivity index (χ2n) is 10.5. The molecule has 0 saturated carbocycles. The van der Waals surface area contributed by atoms with Gasteiger partial charge in [0, 0.05) is 56.6 Å². The quantitative estimate of drug-likeness (QED) is 0.602. The SMILES string of the molecule is COc1cc(N2CCN3C(CCC[C@@H]3c3ccc(OCC(=O)N4CCNC(=O)C4)c(C)c3C)C2)ccc1Cl. The number of nitrogens with one attached hydrogen (secondary N) is 1. The fraction of sp³-hybridized carbons (Fsp3) is 0.517. The number of carbonyl (C=O) groups is 2. The first-order valence-corrected chi connectivity index (χ1v) is 13.8. The summed E-state index contributed by atoms with van der Waals surface area (Å²) >= 11 is 6.25. The molecule has 3 aliphatic heterocycles. The Balaban J connectivity index is 1.26. The van der Waals surface area contributed by atoms with Gasteiger partial charge in [-0.25, -0.2) is 0 Å². The number of piperazine rings is 2. The number of nitrogens with zero attached hydrogens (tertiary/aromatic N) is 3. The summed E-state index contributed by atoms with van der Waals surface area (Å²) in [5.41, 5.74) is 4.80. The lowest BCUT2D eigenvalue weighted by molar-refractivity contribution is -0.139. The summed E-state index contributed by atoms with van der Waals surface area (Å²) in [6, 6.07) is 11.1. The minimum absolute atomic E-state index is 0.0597. The lowest BCUT2D eigenvalue weighted by atomic mass is 9.86. The minimum atomic E-state index is -0.160. The van der Waals surface area contributed by atoms with Gasteiger partial charge in [0.15, 0.2) is 6.61 Å². The van der Waals surface area contributed by atoms with Crippen molar-refractivity contribution in [3.63, 3.8) is 0 Å².